The highest BCUT2D eigenvalue weighted by Gasteiger charge is 2.54. The second kappa shape index (κ2) is 4.40. The van der Waals surface area contributed by atoms with Crippen molar-refractivity contribution in [3.05, 3.63) is 12.2 Å². The van der Waals surface area contributed by atoms with E-state index >= 15 is 0 Å². The van der Waals surface area contributed by atoms with Crippen LogP contribution in [0.15, 0.2) is 12.2 Å². The van der Waals surface area contributed by atoms with Crippen LogP contribution in [0, 0.1) is 23.2 Å². The normalized spacial score (nSPS) is 41.8. The molecule has 0 saturated heterocycles. The second-order valence-corrected chi connectivity index (χ2v) is 6.75. The molecule has 3 aliphatic carbocycles. The number of carbonyl (C=O) groups excluding carboxylic acids is 1. The third kappa shape index (κ3) is 1.81. The van der Waals surface area contributed by atoms with Crippen molar-refractivity contribution in [1.82, 2.24) is 0 Å². The lowest BCUT2D eigenvalue weighted by Gasteiger charge is -2.45. The third-order valence-corrected chi connectivity index (χ3v) is 5.28. The molecule has 0 aromatic rings. The Bertz CT molecular complexity index is 371. The quantitative estimate of drug-likeness (QED) is 0.550. The molecule has 2 heteroatoms. The van der Waals surface area contributed by atoms with E-state index in [2.05, 4.69) is 12.2 Å². The molecule has 2 bridgehead atoms. The number of fused-ring (bicyclic) bond motifs is 3. The number of carbonyl (C=O) groups is 1. The minimum atomic E-state index is -0.00646. The average molecular weight is 248 g/mol. The first-order chi connectivity index (χ1) is 8.62. The molecule has 0 amide bonds. The zero-order chi connectivity index (χ0) is 12.8. The summed E-state index contributed by atoms with van der Waals surface area (Å²) >= 11 is 0. The van der Waals surface area contributed by atoms with E-state index in [0.29, 0.717) is 11.3 Å². The van der Waals surface area contributed by atoms with Crippen molar-refractivity contribution < 1.29 is 9.53 Å². The van der Waals surface area contributed by atoms with Crippen LogP contribution in [0.4, 0.5) is 0 Å². The van der Waals surface area contributed by atoms with E-state index in [1.165, 1.54) is 32.1 Å². The highest BCUT2D eigenvalue weighted by molar-refractivity contribution is 5.71. The summed E-state index contributed by atoms with van der Waals surface area (Å²) in [6.07, 6.45) is 12.4. The van der Waals surface area contributed by atoms with E-state index in [1.54, 1.807) is 0 Å². The molecule has 2 saturated carbocycles. The number of hydrogen-bond donors (Lipinski definition) is 0. The van der Waals surface area contributed by atoms with Crippen molar-refractivity contribution in [2.75, 3.05) is 0 Å². The maximum Gasteiger partial charge on any atom is 0.308 e. The molecule has 0 radical (unpaired) electrons. The Morgan fingerprint density at radius 3 is 2.78 bits per heavy atom. The van der Waals surface area contributed by atoms with Gasteiger partial charge in [0.05, 0.1) is 5.92 Å². The molecule has 0 aromatic heterocycles. The Balaban J connectivity index is 1.79. The summed E-state index contributed by atoms with van der Waals surface area (Å²) < 4.78 is 5.87. The van der Waals surface area contributed by atoms with Crippen LogP contribution in [-0.2, 0) is 9.53 Å². The lowest BCUT2D eigenvalue weighted by molar-refractivity contribution is -0.165. The first-order valence-corrected chi connectivity index (χ1v) is 7.50. The van der Waals surface area contributed by atoms with E-state index in [-0.39, 0.29) is 18.0 Å². The Labute approximate surface area is 110 Å². The number of hydrogen-bond acceptors (Lipinski definition) is 2. The minimum Gasteiger partial charge on any atom is -0.462 e. The second-order valence-electron chi connectivity index (χ2n) is 6.75. The topological polar surface area (TPSA) is 26.3 Å². The Morgan fingerprint density at radius 1 is 1.33 bits per heavy atom. The van der Waals surface area contributed by atoms with E-state index < -0.39 is 0 Å². The van der Waals surface area contributed by atoms with Gasteiger partial charge >= 0.3 is 5.97 Å². The van der Waals surface area contributed by atoms with E-state index in [1.807, 2.05) is 13.8 Å². The number of ether oxygens (including phenoxy) is 1. The average Bonchev–Trinajstić information content (AvgIpc) is 2.92. The fourth-order valence-electron chi connectivity index (χ4n) is 4.33. The predicted molar refractivity (Wildman–Crippen MR) is 71.0 cm³/mol. The molecule has 4 atom stereocenters. The predicted octanol–water partition coefficient (Wildman–Crippen LogP) is 3.71. The van der Waals surface area contributed by atoms with Crippen LogP contribution >= 0.6 is 0 Å². The van der Waals surface area contributed by atoms with Gasteiger partial charge in [-0.1, -0.05) is 32.4 Å². The van der Waals surface area contributed by atoms with Crippen molar-refractivity contribution in [3.8, 4) is 0 Å². The molecule has 0 N–H and O–H groups in total. The fourth-order valence-corrected chi connectivity index (χ4v) is 4.33. The standard InChI is InChI=1S/C16H24O2/c1-11(2)15(17)18-14-5-3-4-8-16(14)10-12-6-7-13(16)9-12/h6-7,11-14H,3-5,8-10H2,1-2H3. The van der Waals surface area contributed by atoms with Gasteiger partial charge in [0.2, 0.25) is 0 Å². The summed E-state index contributed by atoms with van der Waals surface area (Å²) in [5, 5.41) is 0. The van der Waals surface area contributed by atoms with Gasteiger partial charge in [-0.2, -0.15) is 0 Å². The molecule has 0 aromatic carbocycles. The van der Waals surface area contributed by atoms with E-state index in [4.69, 9.17) is 4.74 Å². The molecule has 4 unspecified atom stereocenters. The zero-order valence-corrected chi connectivity index (χ0v) is 11.5. The maximum absolute atomic E-state index is 11.9. The monoisotopic (exact) mass is 248 g/mol. The molecule has 3 rings (SSSR count). The van der Waals surface area contributed by atoms with Crippen LogP contribution in [0.25, 0.3) is 0 Å². The first kappa shape index (κ1) is 12.3. The molecule has 2 fully saturated rings. The van der Waals surface area contributed by atoms with E-state index in [9.17, 15) is 4.79 Å². The molecular weight excluding hydrogens is 224 g/mol. The number of esters is 1. The Kier molecular flexibility index (Phi) is 2.99. The minimum absolute atomic E-state index is 0.00175. The van der Waals surface area contributed by atoms with Gasteiger partial charge in [-0.05, 0) is 43.9 Å². The molecule has 1 spiro atoms. The van der Waals surface area contributed by atoms with Crippen LogP contribution in [0.3, 0.4) is 0 Å². The molecule has 100 valence electrons. The summed E-state index contributed by atoms with van der Waals surface area (Å²) in [6.45, 7) is 3.86. The van der Waals surface area contributed by atoms with Crippen molar-refractivity contribution in [2.45, 2.75) is 58.5 Å². The molecule has 3 aliphatic rings. The van der Waals surface area contributed by atoms with Gasteiger partial charge in [-0.15, -0.1) is 0 Å². The van der Waals surface area contributed by atoms with Crippen molar-refractivity contribution in [1.29, 1.82) is 0 Å². The van der Waals surface area contributed by atoms with E-state index in [0.717, 1.165) is 12.3 Å². The third-order valence-electron chi connectivity index (χ3n) is 5.28. The largest absolute Gasteiger partial charge is 0.462 e. The van der Waals surface area contributed by atoms with Gasteiger partial charge < -0.3 is 4.74 Å². The van der Waals surface area contributed by atoms with Gasteiger partial charge in [-0.25, -0.2) is 0 Å². The van der Waals surface area contributed by atoms with Gasteiger partial charge in [0.1, 0.15) is 6.10 Å². The van der Waals surface area contributed by atoms with Gasteiger partial charge in [-0.3, -0.25) is 4.79 Å². The van der Waals surface area contributed by atoms with Crippen LogP contribution < -0.4 is 0 Å². The zero-order valence-electron chi connectivity index (χ0n) is 11.5. The maximum atomic E-state index is 11.9. The number of allylic oxidation sites excluding steroid dienone is 2. The summed E-state index contributed by atoms with van der Waals surface area (Å²) in [4.78, 5) is 11.9. The summed E-state index contributed by atoms with van der Waals surface area (Å²) in [5.41, 5.74) is 0.294. The molecule has 0 aliphatic heterocycles. The Hall–Kier alpha value is -0.790. The van der Waals surface area contributed by atoms with Crippen LogP contribution in [-0.4, -0.2) is 12.1 Å². The van der Waals surface area contributed by atoms with Crippen LogP contribution in [0.2, 0.25) is 0 Å². The van der Waals surface area contributed by atoms with Crippen molar-refractivity contribution in [2.24, 2.45) is 23.2 Å². The first-order valence-electron chi connectivity index (χ1n) is 7.50. The molecular formula is C16H24O2. The summed E-state index contributed by atoms with van der Waals surface area (Å²) in [7, 11) is 0. The fraction of sp³-hybridized carbons (Fsp3) is 0.812. The van der Waals surface area contributed by atoms with Crippen molar-refractivity contribution in [3.63, 3.8) is 0 Å². The van der Waals surface area contributed by atoms with Crippen molar-refractivity contribution >= 4 is 5.97 Å². The van der Waals surface area contributed by atoms with Gasteiger partial charge in [0, 0.05) is 5.41 Å². The molecule has 2 nitrogen and oxygen atoms in total. The highest BCUT2D eigenvalue weighted by atomic mass is 16.5. The Morgan fingerprint density at radius 2 is 2.17 bits per heavy atom. The molecule has 0 heterocycles. The number of rotatable bonds is 2. The lowest BCUT2D eigenvalue weighted by atomic mass is 9.64. The highest BCUT2D eigenvalue weighted by Crippen LogP contribution is 2.59. The summed E-state index contributed by atoms with van der Waals surface area (Å²) in [5.74, 6) is 1.42. The smallest absolute Gasteiger partial charge is 0.308 e. The summed E-state index contributed by atoms with van der Waals surface area (Å²) in [6, 6.07) is 0. The van der Waals surface area contributed by atoms with Crippen LogP contribution in [0.5, 0.6) is 0 Å². The van der Waals surface area contributed by atoms with Gasteiger partial charge in [0.15, 0.2) is 0 Å². The van der Waals surface area contributed by atoms with Crippen LogP contribution in [0.1, 0.15) is 52.4 Å². The van der Waals surface area contributed by atoms with Gasteiger partial charge in [0.25, 0.3) is 0 Å². The lowest BCUT2D eigenvalue weighted by Crippen LogP contribution is -2.44. The molecule has 18 heavy (non-hydrogen) atoms. The SMILES string of the molecule is CC(C)C(=O)OC1CCCCC12CC1C=CC2C1.